The van der Waals surface area contributed by atoms with E-state index in [1.807, 2.05) is 0 Å². The Morgan fingerprint density at radius 2 is 2.10 bits per heavy atom. The van der Waals surface area contributed by atoms with E-state index in [1.165, 1.54) is 24.4 Å². The summed E-state index contributed by atoms with van der Waals surface area (Å²) in [5.74, 6) is -1.55. The molecular weight excluding hydrogens is 395 g/mol. The van der Waals surface area contributed by atoms with Crippen LogP contribution in [0.3, 0.4) is 0 Å². The average molecular weight is 404 g/mol. The van der Waals surface area contributed by atoms with E-state index >= 15 is 0 Å². The normalized spacial score (nSPS) is 11.9. The number of halogens is 3. The number of hydrogen-bond acceptors (Lipinski definition) is 3. The fourth-order valence-electron chi connectivity index (χ4n) is 1.63. The number of nitrogens with one attached hydrogen (secondary N) is 1. The minimum absolute atomic E-state index is 0.310. The second-order valence-corrected chi connectivity index (χ2v) is 5.72. The van der Waals surface area contributed by atoms with Crippen molar-refractivity contribution in [3.8, 4) is 0 Å². The molecule has 0 aliphatic carbocycles. The van der Waals surface area contributed by atoms with Gasteiger partial charge in [-0.2, -0.15) is 0 Å². The molecule has 0 saturated heterocycles. The highest BCUT2D eigenvalue weighted by atomic mass is 79.9. The molecule has 1 aromatic heterocycles. The van der Waals surface area contributed by atoms with Gasteiger partial charge in [-0.15, -0.1) is 0 Å². The van der Waals surface area contributed by atoms with Gasteiger partial charge in [0, 0.05) is 20.8 Å². The minimum Gasteiger partial charge on any atom is -0.479 e. The molecule has 20 heavy (non-hydrogen) atoms. The van der Waals surface area contributed by atoms with Gasteiger partial charge in [-0.3, -0.25) is 4.98 Å². The summed E-state index contributed by atoms with van der Waals surface area (Å²) in [6.45, 7) is 0. The van der Waals surface area contributed by atoms with Crippen LogP contribution in [0.1, 0.15) is 11.7 Å². The summed E-state index contributed by atoms with van der Waals surface area (Å²) >= 11 is 6.52. The number of carbonyl (C=O) groups is 1. The van der Waals surface area contributed by atoms with Crippen molar-refractivity contribution in [2.75, 3.05) is 5.32 Å². The number of pyridine rings is 1. The molecule has 4 nitrogen and oxygen atoms in total. The summed E-state index contributed by atoms with van der Waals surface area (Å²) in [5.41, 5.74) is 0.680. The lowest BCUT2D eigenvalue weighted by Gasteiger charge is -2.16. The molecule has 0 aliphatic rings. The summed E-state index contributed by atoms with van der Waals surface area (Å²) in [5, 5.41) is 12.1. The maximum atomic E-state index is 13.1. The maximum absolute atomic E-state index is 13.1. The highest BCUT2D eigenvalue weighted by Gasteiger charge is 2.23. The van der Waals surface area contributed by atoms with Crippen molar-refractivity contribution < 1.29 is 14.3 Å². The van der Waals surface area contributed by atoms with Crippen molar-refractivity contribution in [2.45, 2.75) is 6.04 Å². The Kier molecular flexibility index (Phi) is 4.72. The first-order valence-electron chi connectivity index (χ1n) is 5.53. The molecule has 2 aromatic rings. The van der Waals surface area contributed by atoms with Gasteiger partial charge >= 0.3 is 5.97 Å². The van der Waals surface area contributed by atoms with Crippen LogP contribution in [0.15, 0.2) is 45.5 Å². The fraction of sp³-hybridized carbons (Fsp3) is 0.0769. The number of carboxylic acids is 1. The second kappa shape index (κ2) is 6.32. The van der Waals surface area contributed by atoms with Crippen LogP contribution in [0.4, 0.5) is 10.1 Å². The standard InChI is InChI=1S/C13H9Br2FN2O2/c14-7-4-10(15)11(17-6-7)12(13(19)20)18-9-3-1-2-8(16)5-9/h1-6,12,18H,(H,19,20). The van der Waals surface area contributed by atoms with E-state index in [2.05, 4.69) is 42.2 Å². The fourth-order valence-corrected chi connectivity index (χ4v) is 2.85. The molecule has 2 rings (SSSR count). The quantitative estimate of drug-likeness (QED) is 0.810. The van der Waals surface area contributed by atoms with Crippen molar-refractivity contribution in [3.63, 3.8) is 0 Å². The third-order valence-corrected chi connectivity index (χ3v) is 3.56. The van der Waals surface area contributed by atoms with Gasteiger partial charge in [0.15, 0.2) is 6.04 Å². The van der Waals surface area contributed by atoms with Gasteiger partial charge in [-0.1, -0.05) is 6.07 Å². The number of rotatable bonds is 4. The van der Waals surface area contributed by atoms with Crippen LogP contribution in [0.5, 0.6) is 0 Å². The van der Waals surface area contributed by atoms with Gasteiger partial charge in [0.1, 0.15) is 5.82 Å². The largest absolute Gasteiger partial charge is 0.479 e. The van der Waals surface area contributed by atoms with Crippen LogP contribution in [0, 0.1) is 5.82 Å². The topological polar surface area (TPSA) is 62.2 Å². The summed E-state index contributed by atoms with van der Waals surface area (Å²) in [6, 6.07) is 6.22. The molecule has 1 heterocycles. The molecule has 0 radical (unpaired) electrons. The second-order valence-electron chi connectivity index (χ2n) is 3.95. The van der Waals surface area contributed by atoms with Crippen molar-refractivity contribution in [1.29, 1.82) is 0 Å². The Balaban J connectivity index is 2.34. The Hall–Kier alpha value is -1.47. The lowest BCUT2D eigenvalue weighted by atomic mass is 10.1. The van der Waals surface area contributed by atoms with E-state index in [4.69, 9.17) is 0 Å². The Labute approximate surface area is 131 Å². The van der Waals surface area contributed by atoms with Crippen molar-refractivity contribution in [1.82, 2.24) is 4.98 Å². The Morgan fingerprint density at radius 3 is 2.70 bits per heavy atom. The van der Waals surface area contributed by atoms with E-state index in [0.717, 1.165) is 4.47 Å². The number of aliphatic carboxylic acids is 1. The summed E-state index contributed by atoms with van der Waals surface area (Å²) in [6.07, 6.45) is 1.50. The number of aromatic nitrogens is 1. The molecule has 0 aliphatic heterocycles. The molecule has 1 atom stereocenters. The molecule has 0 fully saturated rings. The zero-order valence-corrected chi connectivity index (χ0v) is 13.2. The van der Waals surface area contributed by atoms with E-state index in [1.54, 1.807) is 12.1 Å². The SMILES string of the molecule is O=C(O)C(Nc1cccc(F)c1)c1ncc(Br)cc1Br. The van der Waals surface area contributed by atoms with Crippen LogP contribution in [0.25, 0.3) is 0 Å². The van der Waals surface area contributed by atoms with Crippen molar-refractivity contribution >= 4 is 43.5 Å². The predicted octanol–water partition coefficient (Wildman–Crippen LogP) is 3.98. The monoisotopic (exact) mass is 402 g/mol. The molecule has 2 N–H and O–H groups in total. The maximum Gasteiger partial charge on any atom is 0.332 e. The molecule has 104 valence electrons. The van der Waals surface area contributed by atoms with E-state index in [9.17, 15) is 14.3 Å². The van der Waals surface area contributed by atoms with E-state index in [-0.39, 0.29) is 0 Å². The zero-order valence-electron chi connectivity index (χ0n) is 9.98. The molecule has 1 unspecified atom stereocenters. The molecule has 0 bridgehead atoms. The molecule has 1 aromatic carbocycles. The van der Waals surface area contributed by atoms with Crippen molar-refractivity contribution in [2.24, 2.45) is 0 Å². The highest BCUT2D eigenvalue weighted by molar-refractivity contribution is 9.11. The van der Waals surface area contributed by atoms with E-state index in [0.29, 0.717) is 15.9 Å². The first-order valence-corrected chi connectivity index (χ1v) is 7.12. The van der Waals surface area contributed by atoms with Crippen LogP contribution < -0.4 is 5.32 Å². The van der Waals surface area contributed by atoms with Gasteiger partial charge in [0.25, 0.3) is 0 Å². The Bertz CT molecular complexity index is 652. The summed E-state index contributed by atoms with van der Waals surface area (Å²) < 4.78 is 14.4. The molecular formula is C13H9Br2FN2O2. The van der Waals surface area contributed by atoms with Crippen LogP contribution in [-0.4, -0.2) is 16.1 Å². The number of carboxylic acid groups (broad SMARTS) is 1. The van der Waals surface area contributed by atoms with Gasteiger partial charge in [-0.05, 0) is 56.1 Å². The lowest BCUT2D eigenvalue weighted by Crippen LogP contribution is -2.22. The summed E-state index contributed by atoms with van der Waals surface area (Å²) in [7, 11) is 0. The van der Waals surface area contributed by atoms with Gasteiger partial charge in [0.2, 0.25) is 0 Å². The summed E-state index contributed by atoms with van der Waals surface area (Å²) in [4.78, 5) is 15.5. The third kappa shape index (κ3) is 3.55. The smallest absolute Gasteiger partial charge is 0.332 e. The number of benzene rings is 1. The third-order valence-electron chi connectivity index (χ3n) is 2.49. The van der Waals surface area contributed by atoms with Crippen LogP contribution >= 0.6 is 31.9 Å². The predicted molar refractivity (Wildman–Crippen MR) is 80.0 cm³/mol. The van der Waals surface area contributed by atoms with Crippen molar-refractivity contribution in [3.05, 3.63) is 57.0 Å². The average Bonchev–Trinajstić information content (AvgIpc) is 2.36. The lowest BCUT2D eigenvalue weighted by molar-refractivity contribution is -0.138. The zero-order chi connectivity index (χ0) is 14.7. The number of nitrogens with zero attached hydrogens (tertiary/aromatic N) is 1. The first kappa shape index (κ1) is 14.9. The number of hydrogen-bond donors (Lipinski definition) is 2. The van der Waals surface area contributed by atoms with Crippen LogP contribution in [0.2, 0.25) is 0 Å². The highest BCUT2D eigenvalue weighted by Crippen LogP contribution is 2.27. The molecule has 0 spiro atoms. The number of anilines is 1. The molecule has 0 amide bonds. The first-order chi connectivity index (χ1) is 9.47. The molecule has 0 saturated carbocycles. The van der Waals surface area contributed by atoms with Crippen LogP contribution in [-0.2, 0) is 4.79 Å². The van der Waals surface area contributed by atoms with Gasteiger partial charge in [-0.25, -0.2) is 9.18 Å². The Morgan fingerprint density at radius 1 is 1.35 bits per heavy atom. The van der Waals surface area contributed by atoms with Gasteiger partial charge in [0.05, 0.1) is 5.69 Å². The molecule has 7 heteroatoms. The van der Waals surface area contributed by atoms with E-state index < -0.39 is 17.8 Å². The van der Waals surface area contributed by atoms with Gasteiger partial charge < -0.3 is 10.4 Å². The minimum atomic E-state index is -1.11.